The minimum atomic E-state index is -0.135. The zero-order chi connectivity index (χ0) is 15.2. The van der Waals surface area contributed by atoms with E-state index >= 15 is 0 Å². The van der Waals surface area contributed by atoms with Gasteiger partial charge >= 0.3 is 0 Å². The van der Waals surface area contributed by atoms with E-state index < -0.39 is 0 Å². The number of amides is 1. The van der Waals surface area contributed by atoms with Gasteiger partial charge < -0.3 is 14.5 Å². The smallest absolute Gasteiger partial charge is 0.243 e. The third kappa shape index (κ3) is 4.21. The molecule has 1 N–H and O–H groups in total. The van der Waals surface area contributed by atoms with Gasteiger partial charge in [0.1, 0.15) is 11.9 Å². The molecule has 0 bridgehead atoms. The molecule has 0 radical (unpaired) electrons. The summed E-state index contributed by atoms with van der Waals surface area (Å²) >= 11 is 0. The normalized spacial score (nSPS) is 12.6. The van der Waals surface area contributed by atoms with Crippen LogP contribution in [0.2, 0.25) is 0 Å². The summed E-state index contributed by atoms with van der Waals surface area (Å²) in [7, 11) is 0. The van der Waals surface area contributed by atoms with E-state index in [0.717, 1.165) is 18.8 Å². The number of nitrogens with zero attached hydrogens (tertiary/aromatic N) is 3. The standard InChI is InChI=1S/C16H24N4O/c1-13(2)12-15(20-8-4-5-9-20)16(21)18-7-11-19-10-6-17-14(19)3/h4-6,8-10,13,15H,7,11-12H2,1-3H3,(H,18,21). The minimum absolute atomic E-state index is 0.0812. The molecule has 0 spiro atoms. The fourth-order valence-electron chi connectivity index (χ4n) is 2.42. The predicted molar refractivity (Wildman–Crippen MR) is 82.9 cm³/mol. The van der Waals surface area contributed by atoms with Crippen LogP contribution in [-0.2, 0) is 11.3 Å². The van der Waals surface area contributed by atoms with Gasteiger partial charge in [0.25, 0.3) is 0 Å². The van der Waals surface area contributed by atoms with Gasteiger partial charge in [-0.1, -0.05) is 13.8 Å². The fraction of sp³-hybridized carbons (Fsp3) is 0.500. The van der Waals surface area contributed by atoms with Gasteiger partial charge in [-0.05, 0) is 31.4 Å². The van der Waals surface area contributed by atoms with E-state index in [1.807, 2.05) is 46.8 Å². The van der Waals surface area contributed by atoms with Crippen molar-refractivity contribution in [1.29, 1.82) is 0 Å². The molecule has 5 nitrogen and oxygen atoms in total. The first-order valence-electron chi connectivity index (χ1n) is 7.46. The maximum Gasteiger partial charge on any atom is 0.243 e. The number of hydrogen-bond donors (Lipinski definition) is 1. The number of carbonyl (C=O) groups excluding carboxylic acids is 1. The molecule has 0 aliphatic heterocycles. The van der Waals surface area contributed by atoms with E-state index in [-0.39, 0.29) is 11.9 Å². The molecule has 0 saturated heterocycles. The molecule has 0 fully saturated rings. The van der Waals surface area contributed by atoms with Crippen LogP contribution in [0.25, 0.3) is 0 Å². The van der Waals surface area contributed by atoms with Crippen molar-refractivity contribution in [3.63, 3.8) is 0 Å². The van der Waals surface area contributed by atoms with Crippen LogP contribution >= 0.6 is 0 Å². The molecule has 2 aromatic heterocycles. The lowest BCUT2D eigenvalue weighted by molar-refractivity contribution is -0.124. The monoisotopic (exact) mass is 288 g/mol. The largest absolute Gasteiger partial charge is 0.353 e. The van der Waals surface area contributed by atoms with E-state index in [0.29, 0.717) is 12.5 Å². The number of aryl methyl sites for hydroxylation is 1. The zero-order valence-electron chi connectivity index (χ0n) is 13.0. The van der Waals surface area contributed by atoms with E-state index in [1.54, 1.807) is 6.20 Å². The number of imidazole rings is 1. The summed E-state index contributed by atoms with van der Waals surface area (Å²) < 4.78 is 4.02. The summed E-state index contributed by atoms with van der Waals surface area (Å²) in [6, 6.07) is 3.77. The minimum Gasteiger partial charge on any atom is -0.353 e. The Morgan fingerprint density at radius 3 is 2.57 bits per heavy atom. The van der Waals surface area contributed by atoms with Crippen LogP contribution in [0.15, 0.2) is 36.9 Å². The van der Waals surface area contributed by atoms with Gasteiger partial charge in [0.05, 0.1) is 0 Å². The average molecular weight is 288 g/mol. The Balaban J connectivity index is 1.91. The molecule has 5 heteroatoms. The molecule has 2 rings (SSSR count). The highest BCUT2D eigenvalue weighted by atomic mass is 16.2. The van der Waals surface area contributed by atoms with Gasteiger partial charge in [-0.3, -0.25) is 4.79 Å². The molecule has 2 aromatic rings. The van der Waals surface area contributed by atoms with Crippen LogP contribution in [0.3, 0.4) is 0 Å². The lowest BCUT2D eigenvalue weighted by Gasteiger charge is -2.20. The molecule has 0 aromatic carbocycles. The lowest BCUT2D eigenvalue weighted by Crippen LogP contribution is -2.35. The zero-order valence-corrected chi connectivity index (χ0v) is 13.0. The number of carbonyl (C=O) groups is 1. The highest BCUT2D eigenvalue weighted by Gasteiger charge is 2.20. The second-order valence-electron chi connectivity index (χ2n) is 5.73. The topological polar surface area (TPSA) is 51.9 Å². The van der Waals surface area contributed by atoms with Crippen molar-refractivity contribution in [2.45, 2.75) is 39.8 Å². The van der Waals surface area contributed by atoms with Crippen molar-refractivity contribution in [3.05, 3.63) is 42.7 Å². The molecule has 2 heterocycles. The summed E-state index contributed by atoms with van der Waals surface area (Å²) in [5.74, 6) is 1.52. The van der Waals surface area contributed by atoms with Gasteiger partial charge in [-0.2, -0.15) is 0 Å². The van der Waals surface area contributed by atoms with Gasteiger partial charge in [-0.15, -0.1) is 0 Å². The second kappa shape index (κ2) is 7.11. The van der Waals surface area contributed by atoms with Crippen LogP contribution in [0.4, 0.5) is 0 Å². The Kier molecular flexibility index (Phi) is 5.20. The van der Waals surface area contributed by atoms with Crippen molar-refractivity contribution in [1.82, 2.24) is 19.4 Å². The molecule has 114 valence electrons. The number of rotatable bonds is 7. The van der Waals surface area contributed by atoms with Gasteiger partial charge in [0.2, 0.25) is 5.91 Å². The van der Waals surface area contributed by atoms with Gasteiger partial charge in [0, 0.05) is 37.9 Å². The Morgan fingerprint density at radius 1 is 1.29 bits per heavy atom. The number of aromatic nitrogens is 3. The summed E-state index contributed by atoms with van der Waals surface area (Å²) in [6.07, 6.45) is 8.45. The fourth-order valence-corrected chi connectivity index (χ4v) is 2.42. The van der Waals surface area contributed by atoms with Crippen molar-refractivity contribution < 1.29 is 4.79 Å². The maximum atomic E-state index is 12.4. The Bertz CT molecular complexity index is 557. The quantitative estimate of drug-likeness (QED) is 0.850. The van der Waals surface area contributed by atoms with Crippen LogP contribution in [-0.4, -0.2) is 26.6 Å². The van der Waals surface area contributed by atoms with Gasteiger partial charge in [-0.25, -0.2) is 4.98 Å². The van der Waals surface area contributed by atoms with Crippen LogP contribution in [0.1, 0.15) is 32.1 Å². The average Bonchev–Trinajstić information content (AvgIpc) is 3.08. The number of hydrogen-bond acceptors (Lipinski definition) is 2. The summed E-state index contributed by atoms with van der Waals surface area (Å²) in [5, 5.41) is 3.03. The highest BCUT2D eigenvalue weighted by molar-refractivity contribution is 5.80. The first-order chi connectivity index (χ1) is 10.1. The van der Waals surface area contributed by atoms with Crippen molar-refractivity contribution in [2.24, 2.45) is 5.92 Å². The van der Waals surface area contributed by atoms with E-state index in [9.17, 15) is 4.79 Å². The summed E-state index contributed by atoms with van der Waals surface area (Å²) in [4.78, 5) is 16.6. The first kappa shape index (κ1) is 15.4. The number of nitrogens with one attached hydrogen (secondary N) is 1. The Morgan fingerprint density at radius 2 is 2.00 bits per heavy atom. The molecule has 0 aliphatic rings. The van der Waals surface area contributed by atoms with Crippen LogP contribution < -0.4 is 5.32 Å². The molecule has 0 aliphatic carbocycles. The molecule has 0 saturated carbocycles. The Labute approximate surface area is 126 Å². The van der Waals surface area contributed by atoms with E-state index in [2.05, 4.69) is 24.1 Å². The third-order valence-corrected chi connectivity index (χ3v) is 3.56. The first-order valence-corrected chi connectivity index (χ1v) is 7.46. The SMILES string of the molecule is Cc1nccn1CCNC(=O)C(CC(C)C)n1cccc1. The molecule has 1 amide bonds. The molecule has 21 heavy (non-hydrogen) atoms. The van der Waals surface area contributed by atoms with Gasteiger partial charge in [0.15, 0.2) is 0 Å². The van der Waals surface area contributed by atoms with E-state index in [4.69, 9.17) is 0 Å². The Hall–Kier alpha value is -2.04. The van der Waals surface area contributed by atoms with Crippen LogP contribution in [0.5, 0.6) is 0 Å². The summed E-state index contributed by atoms with van der Waals surface area (Å²) in [5.41, 5.74) is 0. The van der Waals surface area contributed by atoms with Crippen molar-refractivity contribution in [2.75, 3.05) is 6.54 Å². The lowest BCUT2D eigenvalue weighted by atomic mass is 10.0. The van der Waals surface area contributed by atoms with Crippen molar-refractivity contribution >= 4 is 5.91 Å². The third-order valence-electron chi connectivity index (χ3n) is 3.56. The molecular weight excluding hydrogens is 264 g/mol. The molecule has 1 unspecified atom stereocenters. The maximum absolute atomic E-state index is 12.4. The highest BCUT2D eigenvalue weighted by Crippen LogP contribution is 2.18. The van der Waals surface area contributed by atoms with Crippen molar-refractivity contribution in [3.8, 4) is 0 Å². The van der Waals surface area contributed by atoms with Crippen LogP contribution in [0, 0.1) is 12.8 Å². The predicted octanol–water partition coefficient (Wildman–Crippen LogP) is 2.40. The van der Waals surface area contributed by atoms with E-state index in [1.165, 1.54) is 0 Å². The molecular formula is C16H24N4O. The summed E-state index contributed by atoms with van der Waals surface area (Å²) in [6.45, 7) is 7.60. The second-order valence-corrected chi connectivity index (χ2v) is 5.73. The molecule has 1 atom stereocenters.